The molecule has 2 aromatic rings. The van der Waals surface area contributed by atoms with E-state index in [9.17, 15) is 0 Å². The molecule has 1 heterocycles. The normalized spacial score (nSPS) is 10.5. The lowest BCUT2D eigenvalue weighted by Crippen LogP contribution is -1.98. The summed E-state index contributed by atoms with van der Waals surface area (Å²) in [6, 6.07) is 5.15. The average Bonchev–Trinajstić information content (AvgIpc) is 2.45. The van der Waals surface area contributed by atoms with E-state index in [1.54, 1.807) is 18.2 Å². The summed E-state index contributed by atoms with van der Waals surface area (Å²) in [6.07, 6.45) is 0. The van der Waals surface area contributed by atoms with E-state index in [1.165, 1.54) is 11.3 Å². The minimum atomic E-state index is 0.425. The van der Waals surface area contributed by atoms with Gasteiger partial charge in [-0.3, -0.25) is 4.98 Å². The predicted molar refractivity (Wildman–Crippen MR) is 67.4 cm³/mol. The molecule has 0 aliphatic heterocycles. The first-order valence-electron chi connectivity index (χ1n) is 4.05. The molecule has 0 bridgehead atoms. The molecule has 0 amide bonds. The van der Waals surface area contributed by atoms with Crippen molar-refractivity contribution in [1.29, 1.82) is 0 Å². The second-order valence-electron chi connectivity index (χ2n) is 2.89. The minimum Gasteiger partial charge on any atom is -0.389 e. The van der Waals surface area contributed by atoms with E-state index in [-0.39, 0.29) is 0 Å². The second-order valence-corrected chi connectivity index (χ2v) is 4.79. The van der Waals surface area contributed by atoms with E-state index >= 15 is 0 Å². The molecule has 2 N–H and O–H groups in total. The van der Waals surface area contributed by atoms with Crippen molar-refractivity contribution in [2.45, 2.75) is 0 Å². The summed E-state index contributed by atoms with van der Waals surface area (Å²) in [6.45, 7) is 0. The molecule has 0 spiro atoms. The zero-order valence-corrected chi connectivity index (χ0v) is 9.83. The fourth-order valence-electron chi connectivity index (χ4n) is 1.22. The number of hydrogen-bond donors (Lipinski definition) is 1. The number of hydrogen-bond acceptors (Lipinski definition) is 3. The largest absolute Gasteiger partial charge is 0.389 e. The van der Waals surface area contributed by atoms with Gasteiger partial charge in [0.2, 0.25) is 0 Å². The summed E-state index contributed by atoms with van der Waals surface area (Å²) in [5.74, 6) is 0. The van der Waals surface area contributed by atoms with Gasteiger partial charge in [-0.1, -0.05) is 23.2 Å². The van der Waals surface area contributed by atoms with Crippen LogP contribution in [0.4, 0.5) is 5.00 Å². The Bertz CT molecular complexity index is 513. The van der Waals surface area contributed by atoms with Gasteiger partial charge in [-0.25, -0.2) is 0 Å². The fraction of sp³-hybridized carbons (Fsp3) is 0. The lowest BCUT2D eigenvalue weighted by Gasteiger charge is -2.02. The molecule has 0 fully saturated rings. The molecule has 1 aromatic carbocycles. The number of nitrogens with two attached hydrogens (primary N) is 1. The molecule has 0 aliphatic rings. The topological polar surface area (TPSA) is 38.9 Å². The van der Waals surface area contributed by atoms with Crippen LogP contribution in [0.3, 0.4) is 0 Å². The van der Waals surface area contributed by atoms with Crippen LogP contribution in [0.15, 0.2) is 18.2 Å². The first-order chi connectivity index (χ1) is 7.08. The van der Waals surface area contributed by atoms with Crippen LogP contribution in [-0.2, 0) is 0 Å². The number of rotatable bonds is 1. The number of benzene rings is 1. The Kier molecular flexibility index (Phi) is 2.91. The first kappa shape index (κ1) is 10.8. The number of aromatic nitrogens is 1. The second kappa shape index (κ2) is 4.04. The lowest BCUT2D eigenvalue weighted by molar-refractivity contribution is 1.45. The molecule has 0 saturated heterocycles. The van der Waals surface area contributed by atoms with Gasteiger partial charge < -0.3 is 5.73 Å². The average molecular weight is 255 g/mol. The number of thiazole rings is 1. The third-order valence-corrected chi connectivity index (χ3v) is 3.12. The summed E-state index contributed by atoms with van der Waals surface area (Å²) in [5, 5.41) is 1.64. The van der Waals surface area contributed by atoms with Gasteiger partial charge in [-0.05, 0) is 18.2 Å². The van der Waals surface area contributed by atoms with Crippen LogP contribution in [0.1, 0.15) is 0 Å². The van der Waals surface area contributed by atoms with Crippen LogP contribution in [-0.4, -0.2) is 12.8 Å². The van der Waals surface area contributed by atoms with Crippen LogP contribution in [0.5, 0.6) is 0 Å². The molecule has 1 aromatic heterocycles. The van der Waals surface area contributed by atoms with E-state index in [1.807, 2.05) is 0 Å². The van der Waals surface area contributed by atoms with Crippen molar-refractivity contribution < 1.29 is 0 Å². The molecule has 74 valence electrons. The van der Waals surface area contributed by atoms with Crippen LogP contribution in [0.25, 0.3) is 11.3 Å². The van der Waals surface area contributed by atoms with Crippen molar-refractivity contribution in [3.8, 4) is 11.3 Å². The van der Waals surface area contributed by atoms with Gasteiger partial charge in [0.05, 0.1) is 5.02 Å². The van der Waals surface area contributed by atoms with Gasteiger partial charge in [-0.2, -0.15) is 0 Å². The van der Waals surface area contributed by atoms with E-state index in [2.05, 4.69) is 4.98 Å². The highest BCUT2D eigenvalue weighted by Crippen LogP contribution is 2.33. The number of anilines is 1. The third-order valence-electron chi connectivity index (χ3n) is 1.86. The number of nitrogen functional groups attached to an aromatic ring is 1. The third kappa shape index (κ3) is 2.12. The quantitative estimate of drug-likeness (QED) is 0.795. The molecule has 2 nitrogen and oxygen atoms in total. The van der Waals surface area contributed by atoms with E-state index in [0.29, 0.717) is 25.6 Å². The maximum Gasteiger partial charge on any atom is 0.157 e. The van der Waals surface area contributed by atoms with Crippen LogP contribution < -0.4 is 10.6 Å². The molecule has 0 saturated carbocycles. The van der Waals surface area contributed by atoms with Crippen LogP contribution in [0.2, 0.25) is 10.0 Å². The molecule has 0 aliphatic carbocycles. The highest BCUT2D eigenvalue weighted by atomic mass is 35.5. The van der Waals surface area contributed by atoms with Gasteiger partial charge in [0.25, 0.3) is 0 Å². The van der Waals surface area contributed by atoms with E-state index in [4.69, 9.17) is 36.8 Å². The Morgan fingerprint density at radius 2 is 2.07 bits per heavy atom. The molecule has 6 heteroatoms. The summed E-state index contributed by atoms with van der Waals surface area (Å²) >= 11 is 13.1. The van der Waals surface area contributed by atoms with Crippen LogP contribution in [0, 0.1) is 0 Å². The smallest absolute Gasteiger partial charge is 0.157 e. The summed E-state index contributed by atoms with van der Waals surface area (Å²) in [4.78, 5) is 4.54. The molecule has 0 atom stereocenters. The number of nitrogens with zero attached hydrogens (tertiary/aromatic N) is 1. The van der Waals surface area contributed by atoms with E-state index in [0.717, 1.165) is 5.56 Å². The van der Waals surface area contributed by atoms with Crippen molar-refractivity contribution in [3.63, 3.8) is 0 Å². The standard InChI is InChI=1S/C9H5BCl2N2S/c10-9-14-7(8(13)15-9)5-2-1-4(11)3-6(5)12/h1-3H,13H2. The molecule has 2 radical (unpaired) electrons. The Morgan fingerprint density at radius 3 is 2.60 bits per heavy atom. The van der Waals surface area contributed by atoms with Gasteiger partial charge >= 0.3 is 0 Å². The van der Waals surface area contributed by atoms with Crippen molar-refractivity contribution in [1.82, 2.24) is 4.98 Å². The van der Waals surface area contributed by atoms with Crippen molar-refractivity contribution in [2.75, 3.05) is 5.73 Å². The Labute approximate surface area is 102 Å². The summed E-state index contributed by atoms with van der Waals surface area (Å²) < 4.78 is 0. The number of halogens is 2. The van der Waals surface area contributed by atoms with Gasteiger partial charge in [0.15, 0.2) is 7.85 Å². The molecular formula is C9H5BCl2N2S. The zero-order valence-electron chi connectivity index (χ0n) is 7.50. The zero-order chi connectivity index (χ0) is 11.0. The van der Waals surface area contributed by atoms with Crippen LogP contribution >= 0.6 is 34.5 Å². The highest BCUT2D eigenvalue weighted by molar-refractivity contribution is 7.23. The predicted octanol–water partition coefficient (Wildman–Crippen LogP) is 2.49. The van der Waals surface area contributed by atoms with Crippen molar-refractivity contribution in [2.24, 2.45) is 0 Å². The summed E-state index contributed by atoms with van der Waals surface area (Å²) in [5.41, 5.74) is 7.12. The fourth-order valence-corrected chi connectivity index (χ4v) is 2.34. The molecule has 0 unspecified atom stereocenters. The van der Waals surface area contributed by atoms with Crippen molar-refractivity contribution >= 4 is 52.3 Å². The van der Waals surface area contributed by atoms with Crippen molar-refractivity contribution in [3.05, 3.63) is 28.2 Å². The first-order valence-corrected chi connectivity index (χ1v) is 5.62. The highest BCUT2D eigenvalue weighted by Gasteiger charge is 2.11. The summed E-state index contributed by atoms with van der Waals surface area (Å²) in [7, 11) is 5.56. The molecule has 15 heavy (non-hydrogen) atoms. The Balaban J connectivity index is 2.59. The molecule has 2 rings (SSSR count). The minimum absolute atomic E-state index is 0.425. The Morgan fingerprint density at radius 1 is 1.33 bits per heavy atom. The van der Waals surface area contributed by atoms with E-state index < -0.39 is 0 Å². The Hall–Kier alpha value is -0.705. The van der Waals surface area contributed by atoms with Gasteiger partial charge in [-0.15, -0.1) is 11.3 Å². The maximum atomic E-state index is 6.03. The SMILES string of the molecule is [B]c1nc(-c2ccc(Cl)cc2Cl)c(N)s1. The lowest BCUT2D eigenvalue weighted by atomic mass is 10.1. The van der Waals surface area contributed by atoms with Gasteiger partial charge in [0, 0.05) is 15.5 Å². The van der Waals surface area contributed by atoms with Gasteiger partial charge in [0.1, 0.15) is 10.7 Å². The maximum absolute atomic E-state index is 6.03. The monoisotopic (exact) mass is 254 g/mol. The molecular weight excluding hydrogens is 250 g/mol.